The van der Waals surface area contributed by atoms with Crippen LogP contribution in [-0.2, 0) is 10.8 Å². The van der Waals surface area contributed by atoms with E-state index in [1.807, 2.05) is 24.3 Å². The largest absolute Gasteiger partial charge is 0.347 e. The van der Waals surface area contributed by atoms with Crippen LogP contribution >= 0.6 is 0 Å². The van der Waals surface area contributed by atoms with E-state index >= 15 is 0 Å². The number of pyridine rings is 1. The minimum absolute atomic E-state index is 0.717. The monoisotopic (exact) mass is 310 g/mol. The lowest BCUT2D eigenvalue weighted by Gasteiger charge is -2.07. The molecule has 0 saturated carbocycles. The second-order valence-electron chi connectivity index (χ2n) is 5.47. The number of rotatable bonds is 3. The number of aryl methyl sites for hydroxylation is 2. The molecule has 4 heteroatoms. The van der Waals surface area contributed by atoms with Gasteiger partial charge in [-0.25, -0.2) is 0 Å². The fraction of sp³-hybridized carbons (Fsp3) is 0.167. The Morgan fingerprint density at radius 2 is 1.77 bits per heavy atom. The number of aromatic nitrogens is 2. The van der Waals surface area contributed by atoms with Gasteiger partial charge >= 0.3 is 0 Å². The lowest BCUT2D eigenvalue weighted by molar-refractivity contribution is 0.685. The summed E-state index contributed by atoms with van der Waals surface area (Å²) in [7, 11) is -1.06. The summed E-state index contributed by atoms with van der Waals surface area (Å²) in [5, 5.41) is 0.717. The molecule has 1 N–H and O–H groups in total. The normalized spacial score (nSPS) is 12.3. The summed E-state index contributed by atoms with van der Waals surface area (Å²) in [6.07, 6.45) is 3.45. The number of nitrogens with zero attached hydrogens (tertiary/aromatic N) is 1. The van der Waals surface area contributed by atoms with Crippen LogP contribution < -0.4 is 0 Å². The number of hydrogen-bond acceptors (Lipinski definition) is 2. The molecule has 0 aliphatic rings. The summed E-state index contributed by atoms with van der Waals surface area (Å²) < 4.78 is 11.9. The molecule has 22 heavy (non-hydrogen) atoms. The molecular formula is C18H18N2OS. The van der Waals surface area contributed by atoms with Gasteiger partial charge in [0.25, 0.3) is 0 Å². The van der Waals surface area contributed by atoms with Gasteiger partial charge < -0.3 is 4.98 Å². The van der Waals surface area contributed by atoms with Gasteiger partial charge in [0, 0.05) is 18.0 Å². The van der Waals surface area contributed by atoms with Crippen molar-refractivity contribution in [3.05, 3.63) is 59.8 Å². The second kappa shape index (κ2) is 5.89. The van der Waals surface area contributed by atoms with Crippen molar-refractivity contribution in [1.29, 1.82) is 0 Å². The van der Waals surface area contributed by atoms with Crippen LogP contribution in [0.2, 0.25) is 0 Å². The Morgan fingerprint density at radius 1 is 1.05 bits per heavy atom. The van der Waals surface area contributed by atoms with Gasteiger partial charge in [-0.1, -0.05) is 23.3 Å². The molecule has 1 aromatic carbocycles. The van der Waals surface area contributed by atoms with Gasteiger partial charge in [-0.05, 0) is 49.7 Å². The first-order valence-corrected chi connectivity index (χ1v) is 8.67. The van der Waals surface area contributed by atoms with Crippen molar-refractivity contribution in [2.45, 2.75) is 18.9 Å². The SMILES string of the molecule is Cc1cc(C)cc(-c2[nH]c(S(C)=O)cc2-c2ccccn2)c1. The molecule has 1 unspecified atom stereocenters. The van der Waals surface area contributed by atoms with Crippen molar-refractivity contribution < 1.29 is 4.21 Å². The number of nitrogens with one attached hydrogen (secondary N) is 1. The van der Waals surface area contributed by atoms with Crippen molar-refractivity contribution in [3.8, 4) is 22.5 Å². The summed E-state index contributed by atoms with van der Waals surface area (Å²) in [6, 6.07) is 14.2. The van der Waals surface area contributed by atoms with Gasteiger partial charge in [-0.3, -0.25) is 9.19 Å². The van der Waals surface area contributed by atoms with Gasteiger partial charge in [0.15, 0.2) is 0 Å². The minimum atomic E-state index is -1.06. The predicted octanol–water partition coefficient (Wildman–Crippen LogP) is 4.10. The fourth-order valence-electron chi connectivity index (χ4n) is 2.66. The number of hydrogen-bond donors (Lipinski definition) is 1. The van der Waals surface area contributed by atoms with E-state index in [2.05, 4.69) is 42.0 Å². The zero-order valence-corrected chi connectivity index (χ0v) is 13.7. The molecule has 0 radical (unpaired) electrons. The van der Waals surface area contributed by atoms with Crippen LogP contribution in [0.4, 0.5) is 0 Å². The molecule has 0 aliphatic carbocycles. The second-order valence-corrected chi connectivity index (χ2v) is 6.82. The average molecular weight is 310 g/mol. The Morgan fingerprint density at radius 3 is 2.36 bits per heavy atom. The van der Waals surface area contributed by atoms with E-state index in [9.17, 15) is 4.21 Å². The molecule has 3 nitrogen and oxygen atoms in total. The maximum Gasteiger partial charge on any atom is 0.104 e. The Labute approximate surface area is 132 Å². The van der Waals surface area contributed by atoms with Gasteiger partial charge in [-0.2, -0.15) is 0 Å². The third-order valence-electron chi connectivity index (χ3n) is 3.55. The highest BCUT2D eigenvalue weighted by Crippen LogP contribution is 2.33. The van der Waals surface area contributed by atoms with E-state index in [0.29, 0.717) is 0 Å². The molecule has 0 amide bonds. The highest BCUT2D eigenvalue weighted by molar-refractivity contribution is 7.84. The molecule has 2 heterocycles. The van der Waals surface area contributed by atoms with Crippen molar-refractivity contribution >= 4 is 10.8 Å². The molecule has 0 aliphatic heterocycles. The summed E-state index contributed by atoms with van der Waals surface area (Å²) in [5.41, 5.74) is 6.33. The highest BCUT2D eigenvalue weighted by Gasteiger charge is 2.15. The molecule has 0 spiro atoms. The Hall–Kier alpha value is -2.20. The van der Waals surface area contributed by atoms with Gasteiger partial charge in [0.2, 0.25) is 0 Å². The number of H-pyrrole nitrogens is 1. The maximum atomic E-state index is 11.9. The van der Waals surface area contributed by atoms with Crippen molar-refractivity contribution in [3.63, 3.8) is 0 Å². The smallest absolute Gasteiger partial charge is 0.104 e. The van der Waals surface area contributed by atoms with Crippen molar-refractivity contribution in [1.82, 2.24) is 9.97 Å². The zero-order valence-electron chi connectivity index (χ0n) is 12.9. The Balaban J connectivity index is 2.23. The van der Waals surface area contributed by atoms with Gasteiger partial charge in [-0.15, -0.1) is 0 Å². The summed E-state index contributed by atoms with van der Waals surface area (Å²) in [4.78, 5) is 7.74. The minimum Gasteiger partial charge on any atom is -0.347 e. The van der Waals surface area contributed by atoms with Gasteiger partial charge in [0.05, 0.1) is 22.2 Å². The number of aromatic amines is 1. The summed E-state index contributed by atoms with van der Waals surface area (Å²) in [6.45, 7) is 4.16. The quantitative estimate of drug-likeness (QED) is 0.791. The molecule has 0 bridgehead atoms. The molecule has 3 rings (SSSR count). The van der Waals surface area contributed by atoms with Crippen LogP contribution in [-0.4, -0.2) is 20.4 Å². The van der Waals surface area contributed by atoms with Crippen LogP contribution in [0.15, 0.2) is 53.7 Å². The fourth-order valence-corrected chi connectivity index (χ4v) is 3.19. The topological polar surface area (TPSA) is 45.8 Å². The molecule has 1 atom stereocenters. The van der Waals surface area contributed by atoms with Crippen LogP contribution in [0.25, 0.3) is 22.5 Å². The summed E-state index contributed by atoms with van der Waals surface area (Å²) >= 11 is 0. The lowest BCUT2D eigenvalue weighted by Crippen LogP contribution is -1.88. The summed E-state index contributed by atoms with van der Waals surface area (Å²) in [5.74, 6) is 0. The van der Waals surface area contributed by atoms with E-state index in [1.54, 1.807) is 12.5 Å². The number of benzene rings is 1. The zero-order chi connectivity index (χ0) is 15.7. The van der Waals surface area contributed by atoms with Crippen molar-refractivity contribution in [2.75, 3.05) is 6.26 Å². The van der Waals surface area contributed by atoms with Gasteiger partial charge in [0.1, 0.15) is 5.03 Å². The average Bonchev–Trinajstić information content (AvgIpc) is 2.92. The third kappa shape index (κ3) is 2.88. The van der Waals surface area contributed by atoms with E-state index in [1.165, 1.54) is 11.1 Å². The first-order valence-electron chi connectivity index (χ1n) is 7.11. The highest BCUT2D eigenvalue weighted by atomic mass is 32.2. The molecule has 0 saturated heterocycles. The first-order chi connectivity index (χ1) is 10.5. The standard InChI is InChI=1S/C18H18N2OS/c1-12-8-13(2)10-14(9-12)18-15(11-17(20-18)22(3)21)16-6-4-5-7-19-16/h4-11,20H,1-3H3. The van der Waals surface area contributed by atoms with E-state index in [-0.39, 0.29) is 0 Å². The Kier molecular flexibility index (Phi) is 3.94. The van der Waals surface area contributed by atoms with E-state index in [4.69, 9.17) is 0 Å². The van der Waals surface area contributed by atoms with Crippen LogP contribution in [0.3, 0.4) is 0 Å². The molecule has 0 fully saturated rings. The van der Waals surface area contributed by atoms with Crippen LogP contribution in [0, 0.1) is 13.8 Å². The molecular weight excluding hydrogens is 292 g/mol. The maximum absolute atomic E-state index is 11.9. The lowest BCUT2D eigenvalue weighted by atomic mass is 10.0. The molecule has 2 aromatic heterocycles. The Bertz CT molecular complexity index is 817. The molecule has 112 valence electrons. The van der Waals surface area contributed by atoms with Crippen molar-refractivity contribution in [2.24, 2.45) is 0 Å². The van der Waals surface area contributed by atoms with Crippen LogP contribution in [0.5, 0.6) is 0 Å². The molecule has 3 aromatic rings. The van der Waals surface area contributed by atoms with E-state index in [0.717, 1.165) is 27.5 Å². The third-order valence-corrected chi connectivity index (χ3v) is 4.39. The van der Waals surface area contributed by atoms with Crippen LogP contribution in [0.1, 0.15) is 11.1 Å². The first kappa shape index (κ1) is 14.7. The van der Waals surface area contributed by atoms with E-state index < -0.39 is 10.8 Å². The predicted molar refractivity (Wildman–Crippen MR) is 91.3 cm³/mol.